The van der Waals surface area contributed by atoms with E-state index < -0.39 is 5.97 Å². The van der Waals surface area contributed by atoms with Gasteiger partial charge in [-0.15, -0.1) is 0 Å². The summed E-state index contributed by atoms with van der Waals surface area (Å²) in [7, 11) is 2.93. The minimum Gasteiger partial charge on any atom is -0.497 e. The van der Waals surface area contributed by atoms with Gasteiger partial charge in [0.15, 0.2) is 0 Å². The van der Waals surface area contributed by atoms with Gasteiger partial charge in [-0.25, -0.2) is 4.79 Å². The number of carbonyl (C=O) groups is 1. The average molecular weight is 236 g/mol. The lowest BCUT2D eigenvalue weighted by atomic mass is 10.3. The van der Waals surface area contributed by atoms with Gasteiger partial charge in [0, 0.05) is 6.54 Å². The second-order valence-corrected chi connectivity index (χ2v) is 3.18. The van der Waals surface area contributed by atoms with Crippen molar-refractivity contribution in [1.29, 1.82) is 0 Å². The maximum Gasteiger partial charge on any atom is 0.350 e. The molecule has 0 unspecified atom stereocenters. The van der Waals surface area contributed by atoms with Gasteiger partial charge in [-0.3, -0.25) is 5.01 Å². The number of anilines is 1. The first-order chi connectivity index (χ1) is 8.21. The number of ether oxygens (including phenoxy) is 2. The molecule has 1 rings (SSSR count). The fourth-order valence-corrected chi connectivity index (χ4v) is 1.25. The fraction of sp³-hybridized carbons (Fsp3) is 0.333. The zero-order valence-corrected chi connectivity index (χ0v) is 10.2. The van der Waals surface area contributed by atoms with Gasteiger partial charge in [0.2, 0.25) is 0 Å². The Labute approximate surface area is 101 Å². The Hall–Kier alpha value is -2.04. The number of hydrogen-bond donors (Lipinski definition) is 0. The SMILES string of the molecule is CCN(/N=C\C(=O)OC)c1ccc(OC)cc1. The Balaban J connectivity index is 2.78. The van der Waals surface area contributed by atoms with Crippen molar-refractivity contribution in [3.8, 4) is 5.75 Å². The zero-order chi connectivity index (χ0) is 12.7. The predicted molar refractivity (Wildman–Crippen MR) is 66.5 cm³/mol. The van der Waals surface area contributed by atoms with Crippen LogP contribution in [0.1, 0.15) is 6.92 Å². The van der Waals surface area contributed by atoms with E-state index in [1.807, 2.05) is 31.2 Å². The van der Waals surface area contributed by atoms with E-state index in [1.54, 1.807) is 12.1 Å². The monoisotopic (exact) mass is 236 g/mol. The van der Waals surface area contributed by atoms with Crippen molar-refractivity contribution in [1.82, 2.24) is 0 Å². The van der Waals surface area contributed by atoms with Crippen molar-refractivity contribution in [2.75, 3.05) is 25.8 Å². The third kappa shape index (κ3) is 3.79. The zero-order valence-electron chi connectivity index (χ0n) is 10.2. The molecule has 5 heteroatoms. The highest BCUT2D eigenvalue weighted by Crippen LogP contribution is 2.18. The van der Waals surface area contributed by atoms with Crippen LogP contribution in [0.15, 0.2) is 29.4 Å². The van der Waals surface area contributed by atoms with Crippen LogP contribution in [0.4, 0.5) is 5.69 Å². The summed E-state index contributed by atoms with van der Waals surface area (Å²) in [6.07, 6.45) is 1.15. The molecule has 0 spiro atoms. The van der Waals surface area contributed by atoms with Crippen molar-refractivity contribution < 1.29 is 14.3 Å². The van der Waals surface area contributed by atoms with E-state index in [4.69, 9.17) is 4.74 Å². The van der Waals surface area contributed by atoms with Crippen LogP contribution in [-0.2, 0) is 9.53 Å². The highest BCUT2D eigenvalue weighted by atomic mass is 16.5. The molecule has 0 N–H and O–H groups in total. The summed E-state index contributed by atoms with van der Waals surface area (Å²) < 4.78 is 9.55. The standard InChI is InChI=1S/C12H16N2O3/c1-4-14(13-9-12(15)17-3)10-5-7-11(16-2)8-6-10/h5-9H,4H2,1-3H3/b13-9-. The molecule has 0 saturated carbocycles. The van der Waals surface area contributed by atoms with Gasteiger partial charge in [0.1, 0.15) is 12.0 Å². The van der Waals surface area contributed by atoms with Gasteiger partial charge in [0.05, 0.1) is 19.9 Å². The normalized spacial score (nSPS) is 10.3. The van der Waals surface area contributed by atoms with Crippen molar-refractivity contribution in [2.45, 2.75) is 6.92 Å². The van der Waals surface area contributed by atoms with Crippen LogP contribution in [0.5, 0.6) is 5.75 Å². The molecule has 17 heavy (non-hydrogen) atoms. The first kappa shape index (κ1) is 13.0. The Bertz CT molecular complexity index is 387. The molecule has 1 aromatic carbocycles. The van der Waals surface area contributed by atoms with Crippen LogP contribution >= 0.6 is 0 Å². The molecule has 0 aliphatic heterocycles. The molecule has 0 aliphatic carbocycles. The number of hydrogen-bond acceptors (Lipinski definition) is 5. The molecule has 0 radical (unpaired) electrons. The highest BCUT2D eigenvalue weighted by molar-refractivity contribution is 6.23. The van der Waals surface area contributed by atoms with Crippen LogP contribution in [0.3, 0.4) is 0 Å². The molecule has 0 fully saturated rings. The second-order valence-electron chi connectivity index (χ2n) is 3.18. The maximum absolute atomic E-state index is 10.9. The van der Waals surface area contributed by atoms with Crippen LogP contribution < -0.4 is 9.75 Å². The topological polar surface area (TPSA) is 51.1 Å². The molecular weight excluding hydrogens is 220 g/mol. The number of esters is 1. The van der Waals surface area contributed by atoms with Gasteiger partial charge >= 0.3 is 5.97 Å². The summed E-state index contributed by atoms with van der Waals surface area (Å²) in [5, 5.41) is 5.72. The number of benzene rings is 1. The number of nitrogens with zero attached hydrogens (tertiary/aromatic N) is 2. The lowest BCUT2D eigenvalue weighted by molar-refractivity contribution is -0.132. The van der Waals surface area contributed by atoms with Crippen molar-refractivity contribution in [2.24, 2.45) is 5.10 Å². The number of hydrazone groups is 1. The van der Waals surface area contributed by atoms with E-state index >= 15 is 0 Å². The maximum atomic E-state index is 10.9. The van der Waals surface area contributed by atoms with E-state index in [0.717, 1.165) is 17.7 Å². The smallest absolute Gasteiger partial charge is 0.350 e. The summed E-state index contributed by atoms with van der Waals surface area (Å²) in [5.41, 5.74) is 0.883. The minimum atomic E-state index is -0.475. The van der Waals surface area contributed by atoms with Gasteiger partial charge in [0.25, 0.3) is 0 Å². The first-order valence-corrected chi connectivity index (χ1v) is 5.24. The van der Waals surface area contributed by atoms with Crippen LogP contribution in [0.25, 0.3) is 0 Å². The van der Waals surface area contributed by atoms with Crippen LogP contribution in [-0.4, -0.2) is 32.9 Å². The number of carbonyl (C=O) groups excluding carboxylic acids is 1. The Morgan fingerprint density at radius 2 is 2.00 bits per heavy atom. The molecule has 0 aliphatic rings. The third-order valence-corrected chi connectivity index (χ3v) is 2.17. The average Bonchev–Trinajstić information content (AvgIpc) is 2.39. The molecule has 0 heterocycles. The highest BCUT2D eigenvalue weighted by Gasteiger charge is 2.03. The summed E-state index contributed by atoms with van der Waals surface area (Å²) in [6.45, 7) is 2.60. The Kier molecular flexibility index (Phi) is 5.00. The molecular formula is C12H16N2O3. The molecule has 92 valence electrons. The van der Waals surface area contributed by atoms with Gasteiger partial charge in [-0.05, 0) is 31.2 Å². The van der Waals surface area contributed by atoms with E-state index in [2.05, 4.69) is 9.84 Å². The molecule has 0 bridgehead atoms. The Morgan fingerprint density at radius 1 is 1.35 bits per heavy atom. The van der Waals surface area contributed by atoms with E-state index in [0.29, 0.717) is 6.54 Å². The van der Waals surface area contributed by atoms with Crippen molar-refractivity contribution >= 4 is 17.9 Å². The van der Waals surface area contributed by atoms with Crippen LogP contribution in [0.2, 0.25) is 0 Å². The third-order valence-electron chi connectivity index (χ3n) is 2.17. The van der Waals surface area contributed by atoms with Gasteiger partial charge in [-0.2, -0.15) is 5.10 Å². The predicted octanol–water partition coefficient (Wildman–Crippen LogP) is 1.68. The van der Waals surface area contributed by atoms with E-state index in [9.17, 15) is 4.79 Å². The summed E-state index contributed by atoms with van der Waals surface area (Å²) in [6, 6.07) is 7.42. The fourth-order valence-electron chi connectivity index (χ4n) is 1.25. The first-order valence-electron chi connectivity index (χ1n) is 5.24. The van der Waals surface area contributed by atoms with E-state index in [-0.39, 0.29) is 0 Å². The quantitative estimate of drug-likeness (QED) is 0.443. The summed E-state index contributed by atoms with van der Waals surface area (Å²) in [5.74, 6) is 0.304. The number of methoxy groups -OCH3 is 2. The molecule has 5 nitrogen and oxygen atoms in total. The van der Waals surface area contributed by atoms with Gasteiger partial charge < -0.3 is 9.47 Å². The summed E-state index contributed by atoms with van der Waals surface area (Å²) in [4.78, 5) is 10.9. The lowest BCUT2D eigenvalue weighted by Crippen LogP contribution is -2.17. The molecule has 1 aromatic rings. The Morgan fingerprint density at radius 3 is 2.47 bits per heavy atom. The number of rotatable bonds is 5. The van der Waals surface area contributed by atoms with Gasteiger partial charge in [-0.1, -0.05) is 0 Å². The summed E-state index contributed by atoms with van der Waals surface area (Å²) >= 11 is 0. The molecule has 0 amide bonds. The second kappa shape index (κ2) is 6.52. The molecule has 0 aromatic heterocycles. The van der Waals surface area contributed by atoms with Crippen molar-refractivity contribution in [3.05, 3.63) is 24.3 Å². The lowest BCUT2D eigenvalue weighted by Gasteiger charge is -2.16. The van der Waals surface area contributed by atoms with E-state index in [1.165, 1.54) is 7.11 Å². The minimum absolute atomic E-state index is 0.475. The molecule has 0 saturated heterocycles. The van der Waals surface area contributed by atoms with Crippen molar-refractivity contribution in [3.63, 3.8) is 0 Å². The molecule has 0 atom stereocenters. The largest absolute Gasteiger partial charge is 0.497 e. The van der Waals surface area contributed by atoms with Crippen LogP contribution in [0, 0.1) is 0 Å².